The number of ether oxygens (including phenoxy) is 2. The smallest absolute Gasteiger partial charge is 0.257 e. The second-order valence-corrected chi connectivity index (χ2v) is 7.05. The minimum Gasteiger partial charge on any atom is -0.493 e. The molecule has 7 nitrogen and oxygen atoms in total. The summed E-state index contributed by atoms with van der Waals surface area (Å²) >= 11 is 0. The predicted octanol–water partition coefficient (Wildman–Crippen LogP) is 3.23. The standard InChI is InChI=1S/C24H26N2O5/c1-3-25-23(28)16-31-21-12-10-17(14-22(21)30-2)9-11-20(27)18-6-4-7-19(15-18)26-13-5-8-24(26)29/h4,6-7,9-12,14-15H,3,5,8,13,16H2,1-2H3,(H,25,28)/b11-9+. The molecule has 2 amide bonds. The van der Waals surface area contributed by atoms with E-state index in [1.54, 1.807) is 47.4 Å². The van der Waals surface area contributed by atoms with Crippen LogP contribution in [0.1, 0.15) is 35.7 Å². The lowest BCUT2D eigenvalue weighted by Gasteiger charge is -2.16. The third-order valence-corrected chi connectivity index (χ3v) is 4.86. The molecule has 3 rings (SSSR count). The van der Waals surface area contributed by atoms with Crippen LogP contribution >= 0.6 is 0 Å². The van der Waals surface area contributed by atoms with Gasteiger partial charge in [-0.25, -0.2) is 0 Å². The summed E-state index contributed by atoms with van der Waals surface area (Å²) in [7, 11) is 1.51. The van der Waals surface area contributed by atoms with E-state index in [1.165, 1.54) is 13.2 Å². The number of ketones is 1. The first-order valence-corrected chi connectivity index (χ1v) is 10.2. The zero-order valence-corrected chi connectivity index (χ0v) is 17.7. The molecule has 2 aromatic carbocycles. The van der Waals surface area contributed by atoms with Crippen LogP contribution in [0, 0.1) is 0 Å². The number of nitrogens with one attached hydrogen (secondary N) is 1. The summed E-state index contributed by atoms with van der Waals surface area (Å²) in [4.78, 5) is 37.9. The molecule has 0 radical (unpaired) electrons. The van der Waals surface area contributed by atoms with Crippen LogP contribution in [0.3, 0.4) is 0 Å². The molecule has 0 bridgehead atoms. The van der Waals surface area contributed by atoms with Crippen LogP contribution in [0.5, 0.6) is 11.5 Å². The highest BCUT2D eigenvalue weighted by atomic mass is 16.5. The summed E-state index contributed by atoms with van der Waals surface area (Å²) in [6.45, 7) is 2.95. The van der Waals surface area contributed by atoms with Gasteiger partial charge in [0.25, 0.3) is 5.91 Å². The topological polar surface area (TPSA) is 84.9 Å². The van der Waals surface area contributed by atoms with Crippen LogP contribution in [0.15, 0.2) is 48.5 Å². The van der Waals surface area contributed by atoms with E-state index in [1.807, 2.05) is 13.0 Å². The van der Waals surface area contributed by atoms with Crippen molar-refractivity contribution >= 4 is 29.4 Å². The number of allylic oxidation sites excluding steroid dienone is 1. The summed E-state index contributed by atoms with van der Waals surface area (Å²) in [5, 5.41) is 2.66. The van der Waals surface area contributed by atoms with Gasteiger partial charge < -0.3 is 19.7 Å². The Morgan fingerprint density at radius 3 is 2.71 bits per heavy atom. The van der Waals surface area contributed by atoms with Gasteiger partial charge in [0.1, 0.15) is 0 Å². The molecule has 0 saturated carbocycles. The van der Waals surface area contributed by atoms with E-state index in [9.17, 15) is 14.4 Å². The molecule has 1 heterocycles. The summed E-state index contributed by atoms with van der Waals surface area (Å²) < 4.78 is 10.8. The van der Waals surface area contributed by atoms with E-state index < -0.39 is 0 Å². The molecule has 0 unspecified atom stereocenters. The van der Waals surface area contributed by atoms with E-state index >= 15 is 0 Å². The van der Waals surface area contributed by atoms with Crippen molar-refractivity contribution < 1.29 is 23.9 Å². The molecule has 0 aliphatic carbocycles. The van der Waals surface area contributed by atoms with Crippen LogP contribution in [-0.4, -0.2) is 44.4 Å². The second kappa shape index (κ2) is 10.4. The average Bonchev–Trinajstić information content (AvgIpc) is 3.22. The normalized spacial score (nSPS) is 13.5. The van der Waals surface area contributed by atoms with Crippen molar-refractivity contribution in [3.05, 3.63) is 59.7 Å². The van der Waals surface area contributed by atoms with Crippen LogP contribution in [0.2, 0.25) is 0 Å². The van der Waals surface area contributed by atoms with E-state index in [0.29, 0.717) is 36.6 Å². The van der Waals surface area contributed by atoms with E-state index in [4.69, 9.17) is 9.47 Å². The maximum absolute atomic E-state index is 12.6. The molecular formula is C24H26N2O5. The van der Waals surface area contributed by atoms with Gasteiger partial charge in [-0.15, -0.1) is 0 Å². The molecule has 1 aliphatic heterocycles. The highest BCUT2D eigenvalue weighted by Gasteiger charge is 2.22. The Bertz CT molecular complexity index is 999. The fourth-order valence-corrected chi connectivity index (χ4v) is 3.31. The number of hydrogen-bond acceptors (Lipinski definition) is 5. The number of rotatable bonds is 9. The van der Waals surface area contributed by atoms with Crippen molar-refractivity contribution in [2.24, 2.45) is 0 Å². The predicted molar refractivity (Wildman–Crippen MR) is 119 cm³/mol. The second-order valence-electron chi connectivity index (χ2n) is 7.05. The van der Waals surface area contributed by atoms with Crippen LogP contribution < -0.4 is 19.7 Å². The quantitative estimate of drug-likeness (QED) is 0.495. The monoisotopic (exact) mass is 422 g/mol. The number of anilines is 1. The van der Waals surface area contributed by atoms with E-state index in [-0.39, 0.29) is 24.2 Å². The Hall–Kier alpha value is -3.61. The number of benzene rings is 2. The Morgan fingerprint density at radius 2 is 2.00 bits per heavy atom. The number of methoxy groups -OCH3 is 1. The van der Waals surface area contributed by atoms with Crippen LogP contribution in [0.4, 0.5) is 5.69 Å². The molecule has 0 aromatic heterocycles. The van der Waals surface area contributed by atoms with Gasteiger partial charge in [0, 0.05) is 30.8 Å². The van der Waals surface area contributed by atoms with Gasteiger partial charge in [0.15, 0.2) is 23.9 Å². The maximum atomic E-state index is 12.6. The molecule has 1 aliphatic rings. The van der Waals surface area contributed by atoms with E-state index in [2.05, 4.69) is 5.32 Å². The lowest BCUT2D eigenvalue weighted by Crippen LogP contribution is -2.28. The van der Waals surface area contributed by atoms with Gasteiger partial charge in [-0.05, 0) is 49.2 Å². The Morgan fingerprint density at radius 1 is 1.16 bits per heavy atom. The SMILES string of the molecule is CCNC(=O)COc1ccc(/C=C/C(=O)c2cccc(N3CCCC3=O)c2)cc1OC. The minimum atomic E-state index is -0.211. The molecule has 1 saturated heterocycles. The Labute approximate surface area is 181 Å². The summed E-state index contributed by atoms with van der Waals surface area (Å²) in [5.74, 6) is 0.622. The molecule has 0 spiro atoms. The van der Waals surface area contributed by atoms with E-state index in [0.717, 1.165) is 17.7 Å². The third kappa shape index (κ3) is 5.72. The van der Waals surface area contributed by atoms with Gasteiger partial charge in [-0.1, -0.05) is 24.3 Å². The van der Waals surface area contributed by atoms with Crippen molar-refractivity contribution in [1.29, 1.82) is 0 Å². The number of carbonyl (C=O) groups is 3. The average molecular weight is 422 g/mol. The lowest BCUT2D eigenvalue weighted by atomic mass is 10.1. The molecule has 162 valence electrons. The lowest BCUT2D eigenvalue weighted by molar-refractivity contribution is -0.123. The fourth-order valence-electron chi connectivity index (χ4n) is 3.31. The van der Waals surface area contributed by atoms with Crippen molar-refractivity contribution in [3.8, 4) is 11.5 Å². The van der Waals surface area contributed by atoms with Crippen molar-refractivity contribution in [1.82, 2.24) is 5.32 Å². The Kier molecular flexibility index (Phi) is 7.43. The summed E-state index contributed by atoms with van der Waals surface area (Å²) in [5.41, 5.74) is 2.01. The van der Waals surface area contributed by atoms with Gasteiger partial charge in [-0.2, -0.15) is 0 Å². The number of carbonyl (C=O) groups excluding carboxylic acids is 3. The van der Waals surface area contributed by atoms with Gasteiger partial charge in [0.05, 0.1) is 7.11 Å². The minimum absolute atomic E-state index is 0.0849. The van der Waals surface area contributed by atoms with Gasteiger partial charge in [0.2, 0.25) is 5.91 Å². The number of likely N-dealkylation sites (N-methyl/N-ethyl adjacent to an activating group) is 1. The molecular weight excluding hydrogens is 396 g/mol. The van der Waals surface area contributed by atoms with Crippen molar-refractivity contribution in [3.63, 3.8) is 0 Å². The molecule has 0 atom stereocenters. The third-order valence-electron chi connectivity index (χ3n) is 4.86. The summed E-state index contributed by atoms with van der Waals surface area (Å²) in [6, 6.07) is 12.3. The molecule has 1 N–H and O–H groups in total. The summed E-state index contributed by atoms with van der Waals surface area (Å²) in [6.07, 6.45) is 4.55. The molecule has 2 aromatic rings. The Balaban J connectivity index is 1.69. The first kappa shape index (κ1) is 22.1. The maximum Gasteiger partial charge on any atom is 0.257 e. The fraction of sp³-hybridized carbons (Fsp3) is 0.292. The van der Waals surface area contributed by atoms with Crippen LogP contribution in [0.25, 0.3) is 6.08 Å². The highest BCUT2D eigenvalue weighted by molar-refractivity contribution is 6.08. The molecule has 31 heavy (non-hydrogen) atoms. The largest absolute Gasteiger partial charge is 0.493 e. The van der Waals surface area contributed by atoms with Gasteiger partial charge >= 0.3 is 0 Å². The number of nitrogens with zero attached hydrogens (tertiary/aromatic N) is 1. The van der Waals surface area contributed by atoms with Crippen LogP contribution in [-0.2, 0) is 9.59 Å². The van der Waals surface area contributed by atoms with Crippen molar-refractivity contribution in [2.45, 2.75) is 19.8 Å². The van der Waals surface area contributed by atoms with Crippen molar-refractivity contribution in [2.75, 3.05) is 31.7 Å². The first-order valence-electron chi connectivity index (χ1n) is 10.2. The molecule has 1 fully saturated rings. The first-order chi connectivity index (χ1) is 15.0. The number of hydrogen-bond donors (Lipinski definition) is 1. The zero-order valence-electron chi connectivity index (χ0n) is 17.7. The van der Waals surface area contributed by atoms with Gasteiger partial charge in [-0.3, -0.25) is 14.4 Å². The highest BCUT2D eigenvalue weighted by Crippen LogP contribution is 2.29. The molecule has 7 heteroatoms. The zero-order chi connectivity index (χ0) is 22.2. The number of amides is 2.